The van der Waals surface area contributed by atoms with Crippen LogP contribution in [0.4, 0.5) is 0 Å². The van der Waals surface area contributed by atoms with E-state index >= 15 is 0 Å². The monoisotopic (exact) mass is 209 g/mol. The molecule has 2 aliphatic rings. The fourth-order valence-electron chi connectivity index (χ4n) is 3.75. The summed E-state index contributed by atoms with van der Waals surface area (Å²) in [5, 5.41) is 0. The Morgan fingerprint density at radius 2 is 1.80 bits per heavy atom. The molecule has 88 valence electrons. The number of hydrogen-bond donors (Lipinski definition) is 0. The first-order valence-corrected chi connectivity index (χ1v) is 6.59. The Balaban J connectivity index is 1.92. The SMILES string of the molecule is C[C@@H]1[C@H]2CN(CC(C)(C)C)C[C@H]2C[C@H]1C. The van der Waals surface area contributed by atoms with Crippen LogP contribution in [-0.2, 0) is 0 Å². The minimum atomic E-state index is 0.466. The first-order valence-electron chi connectivity index (χ1n) is 6.59. The Morgan fingerprint density at radius 1 is 1.13 bits per heavy atom. The van der Waals surface area contributed by atoms with Gasteiger partial charge in [0, 0.05) is 19.6 Å². The van der Waals surface area contributed by atoms with Crippen LogP contribution in [0.1, 0.15) is 41.0 Å². The first-order chi connectivity index (χ1) is 6.87. The highest BCUT2D eigenvalue weighted by Crippen LogP contribution is 2.45. The second kappa shape index (κ2) is 3.76. The van der Waals surface area contributed by atoms with E-state index in [1.807, 2.05) is 0 Å². The second-order valence-electron chi connectivity index (χ2n) is 7.25. The van der Waals surface area contributed by atoms with Crippen molar-refractivity contribution in [3.05, 3.63) is 0 Å². The molecule has 0 bridgehead atoms. The van der Waals surface area contributed by atoms with Gasteiger partial charge in [-0.15, -0.1) is 0 Å². The lowest BCUT2D eigenvalue weighted by molar-refractivity contribution is 0.200. The highest BCUT2D eigenvalue weighted by atomic mass is 15.2. The first kappa shape index (κ1) is 11.4. The molecule has 1 saturated heterocycles. The molecular formula is C14H27N. The van der Waals surface area contributed by atoms with Crippen LogP contribution in [-0.4, -0.2) is 24.5 Å². The smallest absolute Gasteiger partial charge is 0.00303 e. The average molecular weight is 209 g/mol. The summed E-state index contributed by atoms with van der Waals surface area (Å²) in [7, 11) is 0. The van der Waals surface area contributed by atoms with E-state index in [2.05, 4.69) is 39.5 Å². The topological polar surface area (TPSA) is 3.24 Å². The molecule has 0 amide bonds. The van der Waals surface area contributed by atoms with Crippen LogP contribution in [0.25, 0.3) is 0 Å². The Kier molecular flexibility index (Phi) is 2.87. The number of nitrogens with zero attached hydrogens (tertiary/aromatic N) is 1. The molecule has 0 aromatic heterocycles. The molecule has 2 fully saturated rings. The normalized spacial score (nSPS) is 42.2. The fraction of sp³-hybridized carbons (Fsp3) is 1.00. The second-order valence-corrected chi connectivity index (χ2v) is 7.25. The van der Waals surface area contributed by atoms with Gasteiger partial charge in [-0.1, -0.05) is 34.6 Å². The van der Waals surface area contributed by atoms with E-state index in [1.54, 1.807) is 0 Å². The predicted octanol–water partition coefficient (Wildman–Crippen LogP) is 3.26. The van der Waals surface area contributed by atoms with Crippen molar-refractivity contribution < 1.29 is 0 Å². The van der Waals surface area contributed by atoms with E-state index in [1.165, 1.54) is 26.1 Å². The molecule has 1 aliphatic carbocycles. The van der Waals surface area contributed by atoms with E-state index in [0.29, 0.717) is 5.41 Å². The van der Waals surface area contributed by atoms with Crippen molar-refractivity contribution in [2.75, 3.05) is 19.6 Å². The summed E-state index contributed by atoms with van der Waals surface area (Å²) in [5.74, 6) is 3.94. The summed E-state index contributed by atoms with van der Waals surface area (Å²) in [4.78, 5) is 2.71. The zero-order valence-corrected chi connectivity index (χ0v) is 11.1. The molecule has 0 aromatic rings. The van der Waals surface area contributed by atoms with Crippen molar-refractivity contribution >= 4 is 0 Å². The molecule has 0 aromatic carbocycles. The van der Waals surface area contributed by atoms with Gasteiger partial charge in [-0.2, -0.15) is 0 Å². The molecule has 0 radical (unpaired) electrons. The van der Waals surface area contributed by atoms with Gasteiger partial charge in [0.05, 0.1) is 0 Å². The molecule has 1 saturated carbocycles. The average Bonchev–Trinajstić information content (AvgIpc) is 2.52. The molecule has 4 atom stereocenters. The summed E-state index contributed by atoms with van der Waals surface area (Å²) >= 11 is 0. The van der Waals surface area contributed by atoms with Gasteiger partial charge in [0.2, 0.25) is 0 Å². The highest BCUT2D eigenvalue weighted by Gasteiger charge is 2.44. The molecule has 1 aliphatic heterocycles. The van der Waals surface area contributed by atoms with Gasteiger partial charge >= 0.3 is 0 Å². The van der Waals surface area contributed by atoms with Crippen LogP contribution in [0.3, 0.4) is 0 Å². The van der Waals surface area contributed by atoms with Gasteiger partial charge in [-0.3, -0.25) is 0 Å². The van der Waals surface area contributed by atoms with Crippen LogP contribution in [0.15, 0.2) is 0 Å². The number of fused-ring (bicyclic) bond motifs is 1. The number of rotatable bonds is 1. The third-order valence-corrected chi connectivity index (χ3v) is 4.51. The highest BCUT2D eigenvalue weighted by molar-refractivity contribution is 4.95. The largest absolute Gasteiger partial charge is 0.302 e. The molecule has 1 nitrogen and oxygen atoms in total. The van der Waals surface area contributed by atoms with Crippen LogP contribution in [0, 0.1) is 29.1 Å². The van der Waals surface area contributed by atoms with Crippen LogP contribution < -0.4 is 0 Å². The van der Waals surface area contributed by atoms with Crippen molar-refractivity contribution in [1.82, 2.24) is 4.90 Å². The molecule has 0 N–H and O–H groups in total. The third kappa shape index (κ3) is 2.38. The zero-order chi connectivity index (χ0) is 11.2. The molecular weight excluding hydrogens is 182 g/mol. The molecule has 2 rings (SSSR count). The standard InChI is InChI=1S/C14H27N/c1-10-6-12-7-15(9-14(3,4)5)8-13(12)11(10)2/h10-13H,6-9H2,1-5H3/t10-,11+,12-,13-/m1/s1. The van der Waals surface area contributed by atoms with Crippen LogP contribution in [0.5, 0.6) is 0 Å². The number of likely N-dealkylation sites (tertiary alicyclic amines) is 1. The lowest BCUT2D eigenvalue weighted by Gasteiger charge is -2.28. The van der Waals surface area contributed by atoms with Crippen molar-refractivity contribution in [1.29, 1.82) is 0 Å². The van der Waals surface area contributed by atoms with E-state index in [4.69, 9.17) is 0 Å². The Bertz CT molecular complexity index is 228. The van der Waals surface area contributed by atoms with E-state index in [0.717, 1.165) is 23.7 Å². The van der Waals surface area contributed by atoms with Gasteiger partial charge in [0.1, 0.15) is 0 Å². The lowest BCUT2D eigenvalue weighted by atomic mass is 9.91. The van der Waals surface area contributed by atoms with Gasteiger partial charge in [-0.05, 0) is 35.5 Å². The van der Waals surface area contributed by atoms with Crippen LogP contribution >= 0.6 is 0 Å². The maximum Gasteiger partial charge on any atom is 0.00303 e. The summed E-state index contributed by atoms with van der Waals surface area (Å²) in [6, 6.07) is 0. The molecule has 0 unspecified atom stereocenters. The molecule has 1 heteroatoms. The molecule has 1 heterocycles. The summed E-state index contributed by atoms with van der Waals surface area (Å²) in [5.41, 5.74) is 0.466. The van der Waals surface area contributed by atoms with Gasteiger partial charge < -0.3 is 4.90 Å². The van der Waals surface area contributed by atoms with Crippen molar-refractivity contribution in [3.8, 4) is 0 Å². The minimum absolute atomic E-state index is 0.466. The third-order valence-electron chi connectivity index (χ3n) is 4.51. The van der Waals surface area contributed by atoms with Gasteiger partial charge in [0.25, 0.3) is 0 Å². The quantitative estimate of drug-likeness (QED) is 0.641. The lowest BCUT2D eigenvalue weighted by Crippen LogP contribution is -2.32. The van der Waals surface area contributed by atoms with E-state index < -0.39 is 0 Å². The van der Waals surface area contributed by atoms with Crippen molar-refractivity contribution in [2.24, 2.45) is 29.1 Å². The van der Waals surface area contributed by atoms with Gasteiger partial charge in [-0.25, -0.2) is 0 Å². The summed E-state index contributed by atoms with van der Waals surface area (Å²) in [6.45, 7) is 16.0. The molecule has 0 spiro atoms. The van der Waals surface area contributed by atoms with Crippen LogP contribution in [0.2, 0.25) is 0 Å². The number of hydrogen-bond acceptors (Lipinski definition) is 1. The van der Waals surface area contributed by atoms with E-state index in [9.17, 15) is 0 Å². The summed E-state index contributed by atoms with van der Waals surface area (Å²) < 4.78 is 0. The van der Waals surface area contributed by atoms with Crippen molar-refractivity contribution in [3.63, 3.8) is 0 Å². The zero-order valence-electron chi connectivity index (χ0n) is 11.1. The predicted molar refractivity (Wildman–Crippen MR) is 65.8 cm³/mol. The Labute approximate surface area is 95.2 Å². The Morgan fingerprint density at radius 3 is 2.33 bits per heavy atom. The molecule has 15 heavy (non-hydrogen) atoms. The summed E-state index contributed by atoms with van der Waals surface area (Å²) in [6.07, 6.45) is 1.48. The Hall–Kier alpha value is -0.0400. The van der Waals surface area contributed by atoms with E-state index in [-0.39, 0.29) is 0 Å². The maximum absolute atomic E-state index is 2.71. The maximum atomic E-state index is 2.71. The van der Waals surface area contributed by atoms with Gasteiger partial charge in [0.15, 0.2) is 0 Å². The minimum Gasteiger partial charge on any atom is -0.302 e. The van der Waals surface area contributed by atoms with Crippen molar-refractivity contribution in [2.45, 2.75) is 41.0 Å². The fourth-order valence-corrected chi connectivity index (χ4v) is 3.75.